The van der Waals surface area contributed by atoms with Gasteiger partial charge in [0.25, 0.3) is 0 Å². The van der Waals surface area contributed by atoms with Crippen LogP contribution in [0.3, 0.4) is 0 Å². The molecule has 0 spiro atoms. The Morgan fingerprint density at radius 2 is 0.909 bits per heavy atom. The molecular formula is C18H30N2O2. The van der Waals surface area contributed by atoms with Gasteiger partial charge in [0.05, 0.1) is 11.4 Å². The van der Waals surface area contributed by atoms with Crippen molar-refractivity contribution in [1.29, 1.82) is 0 Å². The van der Waals surface area contributed by atoms with Crippen LogP contribution in [-0.2, 0) is 0 Å². The summed E-state index contributed by atoms with van der Waals surface area (Å²) in [6.45, 7) is 17.0. The molecule has 124 valence electrons. The van der Waals surface area contributed by atoms with Crippen molar-refractivity contribution in [1.82, 2.24) is 9.97 Å². The number of aromatic nitrogens is 2. The van der Waals surface area contributed by atoms with Crippen LogP contribution in [0.15, 0.2) is 21.6 Å². The quantitative estimate of drug-likeness (QED) is 0.711. The fourth-order valence-electron chi connectivity index (χ4n) is 2.26. The second kappa shape index (κ2) is 8.16. The maximum Gasteiger partial charge on any atom is 0.181 e. The highest BCUT2D eigenvalue weighted by Gasteiger charge is 2.14. The first-order valence-electron chi connectivity index (χ1n) is 8.12. The molecule has 0 aliphatic heterocycles. The van der Waals surface area contributed by atoms with Crippen molar-refractivity contribution in [2.24, 2.45) is 0 Å². The van der Waals surface area contributed by atoms with Gasteiger partial charge in [-0.05, 0) is 11.8 Å². The first kappa shape index (κ1) is 18.5. The van der Waals surface area contributed by atoms with Gasteiger partial charge in [-0.3, -0.25) is 0 Å². The van der Waals surface area contributed by atoms with Gasteiger partial charge in [-0.25, -0.2) is 9.97 Å². The highest BCUT2D eigenvalue weighted by atomic mass is 16.3. The molecule has 0 aliphatic rings. The van der Waals surface area contributed by atoms with Crippen LogP contribution in [0, 0.1) is 0 Å². The Bertz CT molecular complexity index is 456. The molecule has 0 fully saturated rings. The van der Waals surface area contributed by atoms with Crippen LogP contribution in [0.5, 0.6) is 0 Å². The van der Waals surface area contributed by atoms with Crippen molar-refractivity contribution in [2.45, 2.75) is 79.1 Å². The minimum absolute atomic E-state index is 0.440. The molecule has 0 aliphatic carbocycles. The molecule has 0 saturated carbocycles. The predicted molar refractivity (Wildman–Crippen MR) is 89.4 cm³/mol. The van der Waals surface area contributed by atoms with Crippen LogP contribution >= 0.6 is 0 Å². The Hall–Kier alpha value is -1.58. The second-order valence-corrected chi connectivity index (χ2v) is 6.82. The lowest BCUT2D eigenvalue weighted by Crippen LogP contribution is -1.95. The molecule has 22 heavy (non-hydrogen) atoms. The molecule has 0 N–H and O–H groups in total. The number of oxazole rings is 2. The normalized spacial score (nSPS) is 11.5. The van der Waals surface area contributed by atoms with Crippen LogP contribution in [-0.4, -0.2) is 9.97 Å². The van der Waals surface area contributed by atoms with Gasteiger partial charge in [0.15, 0.2) is 12.8 Å². The van der Waals surface area contributed by atoms with Gasteiger partial charge in [0, 0.05) is 11.8 Å². The van der Waals surface area contributed by atoms with Crippen molar-refractivity contribution in [2.75, 3.05) is 0 Å². The summed E-state index contributed by atoms with van der Waals surface area (Å²) in [5, 5.41) is 0. The van der Waals surface area contributed by atoms with E-state index in [1.807, 2.05) is 0 Å². The lowest BCUT2D eigenvalue weighted by Gasteiger charge is -2.05. The average Bonchev–Trinajstić information content (AvgIpc) is 3.08. The lowest BCUT2D eigenvalue weighted by atomic mass is 10.0. The van der Waals surface area contributed by atoms with Crippen molar-refractivity contribution >= 4 is 0 Å². The summed E-state index contributed by atoms with van der Waals surface area (Å²) in [5.41, 5.74) is 2.19. The van der Waals surface area contributed by atoms with Crippen LogP contribution in [0.25, 0.3) is 0 Å². The molecular weight excluding hydrogens is 276 g/mol. The zero-order valence-electron chi connectivity index (χ0n) is 15.2. The van der Waals surface area contributed by atoms with E-state index in [1.54, 1.807) is 0 Å². The van der Waals surface area contributed by atoms with Crippen LogP contribution < -0.4 is 0 Å². The zero-order valence-corrected chi connectivity index (χ0v) is 15.2. The third-order valence-corrected chi connectivity index (χ3v) is 3.39. The molecule has 2 aromatic rings. The standard InChI is InChI=1S/2C9H15NO/c2*1-6(2)8-9(7(3)4)11-5-10-8/h2*5-7H,1-4H3. The van der Waals surface area contributed by atoms with E-state index in [-0.39, 0.29) is 0 Å². The van der Waals surface area contributed by atoms with Gasteiger partial charge in [-0.1, -0.05) is 55.4 Å². The third-order valence-electron chi connectivity index (χ3n) is 3.39. The van der Waals surface area contributed by atoms with Crippen molar-refractivity contribution in [3.8, 4) is 0 Å². The largest absolute Gasteiger partial charge is 0.448 e. The molecule has 4 heteroatoms. The Morgan fingerprint density at radius 1 is 0.591 bits per heavy atom. The Morgan fingerprint density at radius 3 is 1.09 bits per heavy atom. The Kier molecular flexibility index (Phi) is 6.85. The Labute approximate surface area is 134 Å². The molecule has 4 nitrogen and oxygen atoms in total. The van der Waals surface area contributed by atoms with Gasteiger partial charge >= 0.3 is 0 Å². The monoisotopic (exact) mass is 306 g/mol. The fourth-order valence-corrected chi connectivity index (χ4v) is 2.26. The minimum atomic E-state index is 0.440. The van der Waals surface area contributed by atoms with E-state index in [4.69, 9.17) is 8.83 Å². The molecule has 0 bridgehead atoms. The van der Waals surface area contributed by atoms with Gasteiger partial charge in [0.1, 0.15) is 11.5 Å². The molecule has 0 aromatic carbocycles. The smallest absolute Gasteiger partial charge is 0.181 e. The van der Waals surface area contributed by atoms with E-state index in [9.17, 15) is 0 Å². The maximum absolute atomic E-state index is 5.28. The van der Waals surface area contributed by atoms with Gasteiger partial charge in [0.2, 0.25) is 0 Å². The first-order valence-corrected chi connectivity index (χ1v) is 8.12. The number of hydrogen-bond donors (Lipinski definition) is 0. The van der Waals surface area contributed by atoms with Crippen molar-refractivity contribution in [3.63, 3.8) is 0 Å². The van der Waals surface area contributed by atoms with Crippen LogP contribution in [0.4, 0.5) is 0 Å². The summed E-state index contributed by atoms with van der Waals surface area (Å²) < 4.78 is 10.6. The van der Waals surface area contributed by atoms with Gasteiger partial charge in [-0.2, -0.15) is 0 Å². The van der Waals surface area contributed by atoms with E-state index in [0.717, 1.165) is 22.9 Å². The average molecular weight is 306 g/mol. The fraction of sp³-hybridized carbons (Fsp3) is 0.667. The van der Waals surface area contributed by atoms with Crippen molar-refractivity contribution in [3.05, 3.63) is 35.7 Å². The van der Waals surface area contributed by atoms with Crippen LogP contribution in [0.1, 0.15) is 102 Å². The predicted octanol–water partition coefficient (Wildman–Crippen LogP) is 5.84. The van der Waals surface area contributed by atoms with E-state index in [1.165, 1.54) is 12.8 Å². The van der Waals surface area contributed by atoms with E-state index in [2.05, 4.69) is 65.4 Å². The third kappa shape index (κ3) is 4.72. The van der Waals surface area contributed by atoms with Crippen LogP contribution in [0.2, 0.25) is 0 Å². The molecule has 0 unspecified atom stereocenters. The number of hydrogen-bond acceptors (Lipinski definition) is 4. The van der Waals surface area contributed by atoms with E-state index in [0.29, 0.717) is 23.7 Å². The SMILES string of the molecule is CC(C)c1ncoc1C(C)C.CC(C)c1ncoc1C(C)C. The summed E-state index contributed by atoms with van der Waals surface area (Å²) in [7, 11) is 0. The highest BCUT2D eigenvalue weighted by molar-refractivity contribution is 5.15. The van der Waals surface area contributed by atoms with E-state index < -0.39 is 0 Å². The summed E-state index contributed by atoms with van der Waals surface area (Å²) in [4.78, 5) is 8.34. The molecule has 0 saturated heterocycles. The highest BCUT2D eigenvalue weighted by Crippen LogP contribution is 2.24. The molecule has 0 radical (unpaired) electrons. The second-order valence-electron chi connectivity index (χ2n) is 6.82. The first-order chi connectivity index (χ1) is 10.3. The molecule has 0 amide bonds. The maximum atomic E-state index is 5.28. The summed E-state index contributed by atoms with van der Waals surface area (Å²) >= 11 is 0. The Balaban J connectivity index is 0.000000220. The summed E-state index contributed by atoms with van der Waals surface area (Å²) in [5.74, 6) is 3.86. The summed E-state index contributed by atoms with van der Waals surface area (Å²) in [6.07, 6.45) is 3.06. The number of nitrogens with zero attached hydrogens (tertiary/aromatic N) is 2. The zero-order chi connectivity index (χ0) is 16.9. The molecule has 0 atom stereocenters. The molecule has 2 heterocycles. The molecule has 2 aromatic heterocycles. The van der Waals surface area contributed by atoms with Gasteiger partial charge in [-0.15, -0.1) is 0 Å². The number of rotatable bonds is 4. The van der Waals surface area contributed by atoms with E-state index >= 15 is 0 Å². The topological polar surface area (TPSA) is 52.1 Å². The molecule has 2 rings (SSSR count). The summed E-state index contributed by atoms with van der Waals surface area (Å²) in [6, 6.07) is 0. The van der Waals surface area contributed by atoms with Crippen molar-refractivity contribution < 1.29 is 8.83 Å². The lowest BCUT2D eigenvalue weighted by molar-refractivity contribution is 0.476. The van der Waals surface area contributed by atoms with Gasteiger partial charge < -0.3 is 8.83 Å². The minimum Gasteiger partial charge on any atom is -0.448 e.